The van der Waals surface area contributed by atoms with Crippen molar-refractivity contribution in [3.63, 3.8) is 0 Å². The molecule has 0 unspecified atom stereocenters. The van der Waals surface area contributed by atoms with E-state index in [2.05, 4.69) is 161 Å². The van der Waals surface area contributed by atoms with Gasteiger partial charge in [0.1, 0.15) is 0 Å². The molecule has 13 rings (SSSR count). The lowest BCUT2D eigenvalue weighted by Crippen LogP contribution is -2.03. The van der Waals surface area contributed by atoms with Crippen LogP contribution in [-0.4, -0.2) is 24.1 Å². The van der Waals surface area contributed by atoms with Gasteiger partial charge in [0.2, 0.25) is 0 Å². The molecule has 8 heteroatoms. The molecule has 0 amide bonds. The summed E-state index contributed by atoms with van der Waals surface area (Å²) in [5, 5.41) is 34.6. The number of rotatable bonds is 8. The second-order valence-electron chi connectivity index (χ2n) is 18.2. The van der Waals surface area contributed by atoms with Gasteiger partial charge in [0, 0.05) is 49.6 Å². The monoisotopic (exact) mass is 942 g/mol. The van der Waals surface area contributed by atoms with E-state index < -0.39 is 0 Å². The van der Waals surface area contributed by atoms with Crippen LogP contribution in [-0.2, 0) is 0 Å². The zero-order chi connectivity index (χ0) is 49.7. The molecule has 13 aromatic rings. The summed E-state index contributed by atoms with van der Waals surface area (Å²) in [6, 6.07) is 84.4. The molecular weight excluding hydrogens is 905 g/mol. The molecule has 3 aromatic heterocycles. The Bertz CT molecular complexity index is 4190. The number of hydrogen-bond donors (Lipinski definition) is 0. The molecule has 10 aromatic carbocycles. The van der Waals surface area contributed by atoms with E-state index in [0.717, 1.165) is 105 Å². The zero-order valence-corrected chi connectivity index (χ0v) is 39.5. The largest absolute Gasteiger partial charge is 0.309 e. The van der Waals surface area contributed by atoms with E-state index in [4.69, 9.17) is 15.0 Å². The average molecular weight is 943 g/mol. The third-order valence-electron chi connectivity index (χ3n) is 13.8. The minimum atomic E-state index is 0.444. The van der Waals surface area contributed by atoms with Crippen LogP contribution in [0.5, 0.6) is 0 Å². The van der Waals surface area contributed by atoms with Crippen molar-refractivity contribution in [3.8, 4) is 97.1 Å². The summed E-state index contributed by atoms with van der Waals surface area (Å²) in [7, 11) is 0. The van der Waals surface area contributed by atoms with Gasteiger partial charge in [-0.3, -0.25) is 0 Å². The quantitative estimate of drug-likeness (QED) is 0.150. The standard InChI is InChI=1S/C66H38N8/c67-39-42-13-11-16-46(31-42)49-33-51(37-53(35-49)73-60-23-7-3-19-56(60)57-20-4-8-24-61(57)73)65-70-64(45-29-27-44(28-30-45)55-18-2-1-15-48(55)41-69)71-66(72-65)52-34-50(47-17-12-14-43(32-47)40-68)36-54(38-52)74-62-25-9-5-21-58(62)59-22-6-10-26-63(59)74/h1-38H. The SMILES string of the molecule is N#Cc1cccc(-c2cc(-c3nc(-c4ccc(-c5ccccc5C#N)cc4)nc(-c4cc(-c5cccc(C#N)c5)cc(-n5c6ccccc6c6ccccc65)c4)n3)cc(-n3c4ccccc4c4ccccc43)c2)c1. The number of para-hydroxylation sites is 4. The normalized spacial score (nSPS) is 11.2. The van der Waals surface area contributed by atoms with Gasteiger partial charge in [0.15, 0.2) is 17.5 Å². The summed E-state index contributed by atoms with van der Waals surface area (Å²) in [5.74, 6) is 1.34. The van der Waals surface area contributed by atoms with E-state index in [1.165, 1.54) is 0 Å². The van der Waals surface area contributed by atoms with Crippen molar-refractivity contribution in [2.45, 2.75) is 0 Å². The molecule has 0 bridgehead atoms. The van der Waals surface area contributed by atoms with E-state index in [9.17, 15) is 15.8 Å². The fourth-order valence-corrected chi connectivity index (χ4v) is 10.4. The minimum Gasteiger partial charge on any atom is -0.309 e. The number of benzene rings is 10. The summed E-state index contributed by atoms with van der Waals surface area (Å²) in [6.45, 7) is 0. The van der Waals surface area contributed by atoms with Gasteiger partial charge < -0.3 is 9.13 Å². The number of nitrogens with zero attached hydrogens (tertiary/aromatic N) is 8. The molecule has 342 valence electrons. The molecule has 8 nitrogen and oxygen atoms in total. The summed E-state index contributed by atoms with van der Waals surface area (Å²) in [5.41, 5.74) is 15.2. The Morgan fingerprint density at radius 3 is 1.09 bits per heavy atom. The lowest BCUT2D eigenvalue weighted by molar-refractivity contribution is 1.07. The molecule has 74 heavy (non-hydrogen) atoms. The highest BCUT2D eigenvalue weighted by Gasteiger charge is 2.21. The average Bonchev–Trinajstić information content (AvgIpc) is 4.00. The fourth-order valence-electron chi connectivity index (χ4n) is 10.4. The Labute approximate surface area is 425 Å². The van der Waals surface area contributed by atoms with Crippen molar-refractivity contribution in [3.05, 3.63) is 247 Å². The molecule has 0 saturated heterocycles. The maximum Gasteiger partial charge on any atom is 0.164 e. The smallest absolute Gasteiger partial charge is 0.164 e. The van der Waals surface area contributed by atoms with E-state index in [0.29, 0.717) is 34.2 Å². The Morgan fingerprint density at radius 2 is 0.662 bits per heavy atom. The van der Waals surface area contributed by atoms with Crippen LogP contribution in [0, 0.1) is 34.0 Å². The Balaban J connectivity index is 1.09. The number of fused-ring (bicyclic) bond motifs is 6. The van der Waals surface area contributed by atoms with E-state index in [-0.39, 0.29) is 0 Å². The van der Waals surface area contributed by atoms with Crippen LogP contribution in [0.25, 0.3) is 123 Å². The Hall–Kier alpha value is -10.7. The van der Waals surface area contributed by atoms with Gasteiger partial charge in [-0.15, -0.1) is 0 Å². The van der Waals surface area contributed by atoms with Gasteiger partial charge in [-0.25, -0.2) is 15.0 Å². The van der Waals surface area contributed by atoms with Crippen LogP contribution >= 0.6 is 0 Å². The molecule has 0 fully saturated rings. The lowest BCUT2D eigenvalue weighted by atomic mass is 9.98. The van der Waals surface area contributed by atoms with Gasteiger partial charge >= 0.3 is 0 Å². The van der Waals surface area contributed by atoms with Gasteiger partial charge in [-0.1, -0.05) is 140 Å². The van der Waals surface area contributed by atoms with Crippen LogP contribution in [0.1, 0.15) is 16.7 Å². The first-order valence-electron chi connectivity index (χ1n) is 24.2. The molecular formula is C66H38N8. The third-order valence-corrected chi connectivity index (χ3v) is 13.8. The zero-order valence-electron chi connectivity index (χ0n) is 39.5. The molecule has 3 heterocycles. The lowest BCUT2D eigenvalue weighted by Gasteiger charge is -2.16. The van der Waals surface area contributed by atoms with Crippen molar-refractivity contribution >= 4 is 43.6 Å². The van der Waals surface area contributed by atoms with Crippen molar-refractivity contribution in [1.29, 1.82) is 15.8 Å². The van der Waals surface area contributed by atoms with Crippen molar-refractivity contribution in [2.75, 3.05) is 0 Å². The predicted octanol–water partition coefficient (Wildman–Crippen LogP) is 15.7. The van der Waals surface area contributed by atoms with Crippen molar-refractivity contribution < 1.29 is 0 Å². The number of hydrogen-bond acceptors (Lipinski definition) is 6. The number of aromatic nitrogens is 5. The summed E-state index contributed by atoms with van der Waals surface area (Å²) >= 11 is 0. The van der Waals surface area contributed by atoms with Gasteiger partial charge in [-0.05, 0) is 124 Å². The molecule has 0 radical (unpaired) electrons. The maximum absolute atomic E-state index is 10.1. The second-order valence-corrected chi connectivity index (χ2v) is 18.2. The number of nitriles is 3. The highest BCUT2D eigenvalue weighted by Crippen LogP contribution is 2.39. The molecule has 0 aliphatic carbocycles. The molecule has 0 atom stereocenters. The first kappa shape index (κ1) is 43.3. The van der Waals surface area contributed by atoms with Crippen molar-refractivity contribution in [1.82, 2.24) is 24.1 Å². The maximum atomic E-state index is 10.1. The highest BCUT2D eigenvalue weighted by atomic mass is 15.0. The Morgan fingerprint density at radius 1 is 0.284 bits per heavy atom. The topological polar surface area (TPSA) is 120 Å². The van der Waals surface area contributed by atoms with Crippen LogP contribution in [0.15, 0.2) is 231 Å². The van der Waals surface area contributed by atoms with Crippen LogP contribution in [0.3, 0.4) is 0 Å². The van der Waals surface area contributed by atoms with Crippen LogP contribution < -0.4 is 0 Å². The van der Waals surface area contributed by atoms with Crippen LogP contribution in [0.4, 0.5) is 0 Å². The fraction of sp³-hybridized carbons (Fsp3) is 0. The first-order chi connectivity index (χ1) is 36.5. The minimum absolute atomic E-state index is 0.444. The summed E-state index contributed by atoms with van der Waals surface area (Å²) in [4.78, 5) is 16.1. The van der Waals surface area contributed by atoms with Crippen LogP contribution in [0.2, 0.25) is 0 Å². The molecule has 0 aliphatic rings. The summed E-state index contributed by atoms with van der Waals surface area (Å²) in [6.07, 6.45) is 0. The van der Waals surface area contributed by atoms with E-state index in [1.807, 2.05) is 97.1 Å². The molecule has 0 aliphatic heterocycles. The highest BCUT2D eigenvalue weighted by molar-refractivity contribution is 6.10. The Kier molecular flexibility index (Phi) is 10.5. The van der Waals surface area contributed by atoms with Crippen molar-refractivity contribution in [2.24, 2.45) is 0 Å². The van der Waals surface area contributed by atoms with E-state index >= 15 is 0 Å². The van der Waals surface area contributed by atoms with E-state index in [1.54, 1.807) is 0 Å². The second kappa shape index (κ2) is 17.9. The third kappa shape index (κ3) is 7.50. The first-order valence-corrected chi connectivity index (χ1v) is 24.2. The molecule has 0 saturated carbocycles. The molecule has 0 spiro atoms. The molecule has 0 N–H and O–H groups in total. The predicted molar refractivity (Wildman–Crippen MR) is 295 cm³/mol. The summed E-state index contributed by atoms with van der Waals surface area (Å²) < 4.78 is 4.56. The van der Waals surface area contributed by atoms with Gasteiger partial charge in [0.25, 0.3) is 0 Å². The van der Waals surface area contributed by atoms with Gasteiger partial charge in [-0.2, -0.15) is 15.8 Å². The van der Waals surface area contributed by atoms with Gasteiger partial charge in [0.05, 0.1) is 57.0 Å².